The van der Waals surface area contributed by atoms with Gasteiger partial charge in [-0.3, -0.25) is 10.1 Å². The predicted molar refractivity (Wildman–Crippen MR) is 92.7 cm³/mol. The Balaban J connectivity index is 1.75. The topological polar surface area (TPSA) is 73.3 Å². The van der Waals surface area contributed by atoms with Crippen molar-refractivity contribution in [3.8, 4) is 11.5 Å². The van der Waals surface area contributed by atoms with Crippen molar-refractivity contribution >= 4 is 34.1 Å². The van der Waals surface area contributed by atoms with Gasteiger partial charge in [-0.25, -0.2) is 0 Å². The summed E-state index contributed by atoms with van der Waals surface area (Å²) in [5, 5.41) is 11.2. The molecule has 0 spiro atoms. The van der Waals surface area contributed by atoms with E-state index in [0.29, 0.717) is 10.9 Å². The lowest BCUT2D eigenvalue weighted by Crippen LogP contribution is -2.20. The van der Waals surface area contributed by atoms with Crippen LogP contribution in [0.1, 0.15) is 19.8 Å². The lowest BCUT2D eigenvalue weighted by atomic mass is 10.3. The molecule has 124 valence electrons. The van der Waals surface area contributed by atoms with Crippen molar-refractivity contribution in [1.82, 2.24) is 10.2 Å². The minimum Gasteiger partial charge on any atom is -0.497 e. The van der Waals surface area contributed by atoms with Crippen LogP contribution in [0, 0.1) is 0 Å². The van der Waals surface area contributed by atoms with E-state index in [1.807, 2.05) is 0 Å². The van der Waals surface area contributed by atoms with Crippen LogP contribution in [0.15, 0.2) is 28.6 Å². The molecule has 6 nitrogen and oxygen atoms in total. The van der Waals surface area contributed by atoms with Gasteiger partial charge >= 0.3 is 0 Å². The first kappa shape index (κ1) is 17.6. The second kappa shape index (κ2) is 9.36. The van der Waals surface area contributed by atoms with Crippen molar-refractivity contribution < 1.29 is 14.3 Å². The molecule has 0 unspecified atom stereocenters. The number of hydrogen-bond donors (Lipinski definition) is 1. The van der Waals surface area contributed by atoms with Gasteiger partial charge in [0.1, 0.15) is 11.5 Å². The summed E-state index contributed by atoms with van der Waals surface area (Å²) in [6, 6.07) is 7.05. The number of carbonyl (C=O) groups excluding carboxylic acids is 1. The SMILES string of the molecule is CCCCSc1nnc(NC(=O)COc2ccc(OC)cc2)s1. The maximum absolute atomic E-state index is 11.8. The maximum Gasteiger partial charge on any atom is 0.264 e. The Hall–Kier alpha value is -1.80. The van der Waals surface area contributed by atoms with Crippen molar-refractivity contribution in [3.05, 3.63) is 24.3 Å². The van der Waals surface area contributed by atoms with E-state index in [9.17, 15) is 4.79 Å². The van der Waals surface area contributed by atoms with Crippen molar-refractivity contribution in [1.29, 1.82) is 0 Å². The highest BCUT2D eigenvalue weighted by Gasteiger charge is 2.09. The Morgan fingerprint density at radius 2 is 2.00 bits per heavy atom. The number of methoxy groups -OCH3 is 1. The maximum atomic E-state index is 11.8. The van der Waals surface area contributed by atoms with Crippen LogP contribution in [0.4, 0.5) is 5.13 Å². The third-order valence-corrected chi connectivity index (χ3v) is 4.86. The highest BCUT2D eigenvalue weighted by Crippen LogP contribution is 2.26. The van der Waals surface area contributed by atoms with Gasteiger partial charge in [-0.1, -0.05) is 36.4 Å². The predicted octanol–water partition coefficient (Wildman–Crippen LogP) is 3.46. The first-order chi connectivity index (χ1) is 11.2. The van der Waals surface area contributed by atoms with Crippen LogP contribution in [-0.2, 0) is 4.79 Å². The number of nitrogens with one attached hydrogen (secondary N) is 1. The van der Waals surface area contributed by atoms with Gasteiger partial charge in [0.05, 0.1) is 7.11 Å². The molecule has 1 N–H and O–H groups in total. The zero-order valence-corrected chi connectivity index (χ0v) is 14.7. The quantitative estimate of drug-likeness (QED) is 0.423. The molecule has 2 rings (SSSR count). The Labute approximate surface area is 143 Å². The smallest absolute Gasteiger partial charge is 0.264 e. The Morgan fingerprint density at radius 1 is 1.26 bits per heavy atom. The minimum atomic E-state index is -0.262. The Morgan fingerprint density at radius 3 is 2.70 bits per heavy atom. The van der Waals surface area contributed by atoms with E-state index in [1.165, 1.54) is 11.3 Å². The van der Waals surface area contributed by atoms with Crippen LogP contribution in [0.5, 0.6) is 11.5 Å². The molecule has 1 aromatic carbocycles. The molecular weight excluding hydrogens is 334 g/mol. The number of benzene rings is 1. The van der Waals surface area contributed by atoms with Gasteiger partial charge in [0, 0.05) is 5.75 Å². The fraction of sp³-hybridized carbons (Fsp3) is 0.400. The number of hydrogen-bond acceptors (Lipinski definition) is 7. The highest BCUT2D eigenvalue weighted by molar-refractivity contribution is 8.01. The number of aromatic nitrogens is 2. The van der Waals surface area contributed by atoms with Gasteiger partial charge in [0.15, 0.2) is 10.9 Å². The Kier molecular flexibility index (Phi) is 7.15. The van der Waals surface area contributed by atoms with Gasteiger partial charge in [-0.15, -0.1) is 10.2 Å². The number of carbonyl (C=O) groups is 1. The average molecular weight is 353 g/mol. The zero-order valence-electron chi connectivity index (χ0n) is 13.1. The molecule has 0 aliphatic rings. The monoisotopic (exact) mass is 353 g/mol. The summed E-state index contributed by atoms with van der Waals surface area (Å²) in [5.41, 5.74) is 0. The third kappa shape index (κ3) is 6.07. The third-order valence-electron chi connectivity index (χ3n) is 2.81. The molecule has 0 aliphatic carbocycles. The summed E-state index contributed by atoms with van der Waals surface area (Å²) in [6.07, 6.45) is 2.29. The second-order valence-electron chi connectivity index (χ2n) is 4.59. The molecule has 0 atom stereocenters. The van der Waals surface area contributed by atoms with E-state index in [0.717, 1.165) is 28.7 Å². The summed E-state index contributed by atoms with van der Waals surface area (Å²) in [4.78, 5) is 11.8. The van der Waals surface area contributed by atoms with E-state index >= 15 is 0 Å². The van der Waals surface area contributed by atoms with E-state index < -0.39 is 0 Å². The number of unbranched alkanes of at least 4 members (excludes halogenated alkanes) is 1. The number of ether oxygens (including phenoxy) is 2. The minimum absolute atomic E-state index is 0.0791. The number of nitrogens with zero attached hydrogens (tertiary/aromatic N) is 2. The summed E-state index contributed by atoms with van der Waals surface area (Å²) in [7, 11) is 1.60. The number of thioether (sulfide) groups is 1. The first-order valence-electron chi connectivity index (χ1n) is 7.24. The van der Waals surface area contributed by atoms with Crippen LogP contribution in [0.2, 0.25) is 0 Å². The molecule has 0 saturated heterocycles. The van der Waals surface area contributed by atoms with Crippen LogP contribution in [0.25, 0.3) is 0 Å². The molecule has 0 aliphatic heterocycles. The van der Waals surface area contributed by atoms with Gasteiger partial charge in [-0.2, -0.15) is 0 Å². The lowest BCUT2D eigenvalue weighted by molar-refractivity contribution is -0.118. The van der Waals surface area contributed by atoms with Crippen molar-refractivity contribution in [2.75, 3.05) is 24.8 Å². The van der Waals surface area contributed by atoms with E-state index in [-0.39, 0.29) is 12.5 Å². The first-order valence-corrected chi connectivity index (χ1v) is 9.04. The fourth-order valence-electron chi connectivity index (χ4n) is 1.60. The van der Waals surface area contributed by atoms with E-state index in [2.05, 4.69) is 22.4 Å². The summed E-state index contributed by atoms with van der Waals surface area (Å²) in [6.45, 7) is 2.07. The zero-order chi connectivity index (χ0) is 16.5. The van der Waals surface area contributed by atoms with Crippen LogP contribution < -0.4 is 14.8 Å². The van der Waals surface area contributed by atoms with Gasteiger partial charge in [-0.05, 0) is 30.7 Å². The largest absolute Gasteiger partial charge is 0.497 e. The molecule has 0 fully saturated rings. The van der Waals surface area contributed by atoms with Crippen molar-refractivity contribution in [2.45, 2.75) is 24.1 Å². The van der Waals surface area contributed by atoms with Crippen molar-refractivity contribution in [2.24, 2.45) is 0 Å². The summed E-state index contributed by atoms with van der Waals surface area (Å²) < 4.78 is 11.3. The molecular formula is C15H19N3O3S2. The highest BCUT2D eigenvalue weighted by atomic mass is 32.2. The number of amides is 1. The summed E-state index contributed by atoms with van der Waals surface area (Å²) >= 11 is 3.03. The molecule has 1 aromatic heterocycles. The molecule has 23 heavy (non-hydrogen) atoms. The van der Waals surface area contributed by atoms with Crippen molar-refractivity contribution in [3.63, 3.8) is 0 Å². The van der Waals surface area contributed by atoms with Gasteiger partial charge in [0.2, 0.25) is 5.13 Å². The molecule has 2 aromatic rings. The standard InChI is InChI=1S/C15H19N3O3S2/c1-3-4-9-22-15-18-17-14(23-15)16-13(19)10-21-12-7-5-11(20-2)6-8-12/h5-8H,3-4,9-10H2,1-2H3,(H,16,17,19). The summed E-state index contributed by atoms with van der Waals surface area (Å²) in [5.74, 6) is 2.10. The molecule has 0 saturated carbocycles. The van der Waals surface area contributed by atoms with Gasteiger partial charge < -0.3 is 9.47 Å². The van der Waals surface area contributed by atoms with E-state index in [4.69, 9.17) is 9.47 Å². The Bertz CT molecular complexity index is 617. The molecule has 8 heteroatoms. The normalized spacial score (nSPS) is 10.3. The van der Waals surface area contributed by atoms with Gasteiger partial charge in [0.25, 0.3) is 5.91 Å². The second-order valence-corrected chi connectivity index (χ2v) is 6.91. The van der Waals surface area contributed by atoms with Crippen LogP contribution in [-0.4, -0.2) is 35.6 Å². The van der Waals surface area contributed by atoms with E-state index in [1.54, 1.807) is 43.1 Å². The average Bonchev–Trinajstić information content (AvgIpc) is 3.01. The lowest BCUT2D eigenvalue weighted by Gasteiger charge is -2.06. The van der Waals surface area contributed by atoms with Crippen LogP contribution >= 0.6 is 23.1 Å². The molecule has 1 heterocycles. The molecule has 1 amide bonds. The number of rotatable bonds is 9. The molecule has 0 bridgehead atoms. The van der Waals surface area contributed by atoms with Crippen LogP contribution in [0.3, 0.4) is 0 Å². The fourth-order valence-corrected chi connectivity index (χ4v) is 3.52. The number of anilines is 1. The molecule has 0 radical (unpaired) electrons.